The Labute approximate surface area is 128 Å². The molecule has 0 radical (unpaired) electrons. The average molecular weight is 343 g/mol. The smallest absolute Gasteiger partial charge is 0.104 e. The predicted octanol–water partition coefficient (Wildman–Crippen LogP) is 3.31. The van der Waals surface area contributed by atoms with Gasteiger partial charge < -0.3 is 15.8 Å². The van der Waals surface area contributed by atoms with Crippen LogP contribution in [0.3, 0.4) is 0 Å². The molecule has 19 heavy (non-hydrogen) atoms. The van der Waals surface area contributed by atoms with E-state index < -0.39 is 0 Å². The van der Waals surface area contributed by atoms with Gasteiger partial charge in [0.25, 0.3) is 0 Å². The van der Waals surface area contributed by atoms with E-state index in [4.69, 9.17) is 22.7 Å². The second-order valence-corrected chi connectivity index (χ2v) is 6.83. The minimum Gasteiger partial charge on any atom is -0.389 e. The first-order valence-corrected chi connectivity index (χ1v) is 7.45. The van der Waals surface area contributed by atoms with Gasteiger partial charge in [-0.1, -0.05) is 26.1 Å². The summed E-state index contributed by atoms with van der Waals surface area (Å²) in [4.78, 5) is 0.413. The van der Waals surface area contributed by atoms with Crippen molar-refractivity contribution in [3.8, 4) is 0 Å². The lowest BCUT2D eigenvalue weighted by Crippen LogP contribution is -2.57. The van der Waals surface area contributed by atoms with Crippen molar-refractivity contribution in [3.63, 3.8) is 0 Å². The van der Waals surface area contributed by atoms with E-state index in [9.17, 15) is 0 Å². The van der Waals surface area contributed by atoms with E-state index in [0.29, 0.717) is 17.1 Å². The van der Waals surface area contributed by atoms with Gasteiger partial charge in [0.1, 0.15) is 4.99 Å². The molecule has 0 heterocycles. The van der Waals surface area contributed by atoms with Gasteiger partial charge in [-0.15, -0.1) is 0 Å². The van der Waals surface area contributed by atoms with Crippen molar-refractivity contribution >= 4 is 38.8 Å². The summed E-state index contributed by atoms with van der Waals surface area (Å²) in [7, 11) is 1.77. The summed E-state index contributed by atoms with van der Waals surface area (Å²) in [5, 5.41) is 3.56. The molecule has 1 aliphatic carbocycles. The summed E-state index contributed by atoms with van der Waals surface area (Å²) < 4.78 is 6.45. The zero-order valence-electron chi connectivity index (χ0n) is 11.4. The molecule has 5 heteroatoms. The van der Waals surface area contributed by atoms with Crippen molar-refractivity contribution in [2.75, 3.05) is 12.4 Å². The van der Waals surface area contributed by atoms with Crippen molar-refractivity contribution in [3.05, 3.63) is 28.2 Å². The van der Waals surface area contributed by atoms with Crippen molar-refractivity contribution < 1.29 is 4.74 Å². The molecule has 2 atom stereocenters. The van der Waals surface area contributed by atoms with Crippen molar-refractivity contribution in [1.82, 2.24) is 0 Å². The number of hydrogen-bond donors (Lipinski definition) is 2. The van der Waals surface area contributed by atoms with E-state index in [0.717, 1.165) is 22.1 Å². The molecule has 1 aromatic carbocycles. The summed E-state index contributed by atoms with van der Waals surface area (Å²) in [5.74, 6) is 0. The third kappa shape index (κ3) is 2.78. The van der Waals surface area contributed by atoms with Crippen LogP contribution in [0.15, 0.2) is 22.7 Å². The normalized spacial score (nSPS) is 24.6. The SMILES string of the molecule is COC1CC(Nc2ccc(C(N)=S)cc2Br)C1(C)C. The van der Waals surface area contributed by atoms with Crippen molar-refractivity contribution in [2.24, 2.45) is 11.1 Å². The summed E-state index contributed by atoms with van der Waals surface area (Å²) in [5.41, 5.74) is 7.69. The van der Waals surface area contributed by atoms with Gasteiger partial charge in [0.15, 0.2) is 0 Å². The molecule has 0 aliphatic heterocycles. The lowest BCUT2D eigenvalue weighted by Gasteiger charge is -2.51. The molecule has 2 rings (SSSR count). The number of halogens is 1. The molecule has 0 saturated heterocycles. The average Bonchev–Trinajstić information content (AvgIpc) is 2.35. The molecule has 3 nitrogen and oxygen atoms in total. The highest BCUT2D eigenvalue weighted by Crippen LogP contribution is 2.44. The Bertz CT molecular complexity index is 504. The number of benzene rings is 1. The number of nitrogens with two attached hydrogens (primary N) is 1. The number of methoxy groups -OCH3 is 1. The largest absolute Gasteiger partial charge is 0.389 e. The van der Waals surface area contributed by atoms with E-state index >= 15 is 0 Å². The maximum Gasteiger partial charge on any atom is 0.104 e. The Kier molecular flexibility index (Phi) is 4.18. The zero-order valence-corrected chi connectivity index (χ0v) is 13.8. The number of anilines is 1. The third-order valence-corrected chi connectivity index (χ3v) is 4.94. The van der Waals surface area contributed by atoms with E-state index in [-0.39, 0.29) is 5.41 Å². The molecule has 3 N–H and O–H groups in total. The van der Waals surface area contributed by atoms with Crippen LogP contribution in [-0.4, -0.2) is 24.2 Å². The molecule has 0 spiro atoms. The van der Waals surface area contributed by atoms with Gasteiger partial charge in [-0.05, 0) is 40.5 Å². The first kappa shape index (κ1) is 14.8. The molecular formula is C14H19BrN2OS. The Morgan fingerprint density at radius 2 is 2.21 bits per heavy atom. The lowest BCUT2D eigenvalue weighted by atomic mass is 9.64. The standard InChI is InChI=1S/C14H19BrN2OS/c1-14(2)11(7-12(14)18-3)17-10-5-4-8(13(16)19)6-9(10)15/h4-6,11-12,17H,7H2,1-3H3,(H2,16,19). The van der Waals surface area contributed by atoms with Crippen LogP contribution < -0.4 is 11.1 Å². The molecule has 104 valence electrons. The van der Waals surface area contributed by atoms with Crippen LogP contribution >= 0.6 is 28.1 Å². The fourth-order valence-electron chi connectivity index (χ4n) is 2.50. The summed E-state index contributed by atoms with van der Waals surface area (Å²) >= 11 is 8.53. The van der Waals surface area contributed by atoms with Crippen LogP contribution in [0, 0.1) is 5.41 Å². The van der Waals surface area contributed by atoms with Crippen LogP contribution in [0.1, 0.15) is 25.8 Å². The zero-order chi connectivity index (χ0) is 14.2. The first-order valence-electron chi connectivity index (χ1n) is 6.25. The molecule has 2 unspecified atom stereocenters. The second kappa shape index (κ2) is 5.38. The highest BCUT2D eigenvalue weighted by Gasteiger charge is 2.48. The van der Waals surface area contributed by atoms with Gasteiger partial charge in [-0.3, -0.25) is 0 Å². The number of hydrogen-bond acceptors (Lipinski definition) is 3. The number of ether oxygens (including phenoxy) is 1. The van der Waals surface area contributed by atoms with Gasteiger partial charge in [0.2, 0.25) is 0 Å². The van der Waals surface area contributed by atoms with Gasteiger partial charge in [-0.2, -0.15) is 0 Å². The number of nitrogens with one attached hydrogen (secondary N) is 1. The monoisotopic (exact) mass is 342 g/mol. The van der Waals surface area contributed by atoms with Crippen LogP contribution in [0.4, 0.5) is 5.69 Å². The Balaban J connectivity index is 2.11. The van der Waals surface area contributed by atoms with E-state index in [2.05, 4.69) is 35.1 Å². The number of thiocarbonyl (C=S) groups is 1. The lowest BCUT2D eigenvalue weighted by molar-refractivity contribution is -0.0794. The molecule has 1 fully saturated rings. The molecule has 0 aromatic heterocycles. The predicted molar refractivity (Wildman–Crippen MR) is 86.6 cm³/mol. The van der Waals surface area contributed by atoms with Crippen molar-refractivity contribution in [1.29, 1.82) is 0 Å². The molecule has 0 bridgehead atoms. The summed E-state index contributed by atoms with van der Waals surface area (Å²) in [6.45, 7) is 4.44. The van der Waals surface area contributed by atoms with E-state index in [1.54, 1.807) is 7.11 Å². The van der Waals surface area contributed by atoms with Crippen molar-refractivity contribution in [2.45, 2.75) is 32.4 Å². The quantitative estimate of drug-likeness (QED) is 0.824. The van der Waals surface area contributed by atoms with Crippen LogP contribution in [0.25, 0.3) is 0 Å². The molecule has 1 aromatic rings. The fourth-order valence-corrected chi connectivity index (χ4v) is 3.12. The molecular weight excluding hydrogens is 324 g/mol. The van der Waals surface area contributed by atoms with Gasteiger partial charge in [0, 0.05) is 34.3 Å². The second-order valence-electron chi connectivity index (χ2n) is 5.54. The van der Waals surface area contributed by atoms with Gasteiger partial charge >= 0.3 is 0 Å². The Morgan fingerprint density at radius 3 is 2.68 bits per heavy atom. The number of rotatable bonds is 4. The molecule has 1 aliphatic rings. The first-order chi connectivity index (χ1) is 8.86. The van der Waals surface area contributed by atoms with Crippen LogP contribution in [0.2, 0.25) is 0 Å². The van der Waals surface area contributed by atoms with Gasteiger partial charge in [0.05, 0.1) is 6.10 Å². The summed E-state index contributed by atoms with van der Waals surface area (Å²) in [6, 6.07) is 6.30. The molecule has 0 amide bonds. The minimum atomic E-state index is 0.135. The highest BCUT2D eigenvalue weighted by molar-refractivity contribution is 9.10. The van der Waals surface area contributed by atoms with Crippen LogP contribution in [-0.2, 0) is 4.74 Å². The Morgan fingerprint density at radius 1 is 1.53 bits per heavy atom. The maximum absolute atomic E-state index is 5.62. The summed E-state index contributed by atoms with van der Waals surface area (Å²) in [6.07, 6.45) is 1.34. The topological polar surface area (TPSA) is 47.3 Å². The van der Waals surface area contributed by atoms with Gasteiger partial charge in [-0.25, -0.2) is 0 Å². The van der Waals surface area contributed by atoms with E-state index in [1.165, 1.54) is 0 Å². The maximum atomic E-state index is 5.62. The fraction of sp³-hybridized carbons (Fsp3) is 0.500. The van der Waals surface area contributed by atoms with E-state index in [1.807, 2.05) is 18.2 Å². The minimum absolute atomic E-state index is 0.135. The van der Waals surface area contributed by atoms with Crippen LogP contribution in [0.5, 0.6) is 0 Å². The highest BCUT2D eigenvalue weighted by atomic mass is 79.9. The Hall–Kier alpha value is -0.650. The third-order valence-electron chi connectivity index (χ3n) is 4.05. The molecule has 1 saturated carbocycles.